The summed E-state index contributed by atoms with van der Waals surface area (Å²) in [6, 6.07) is 20.7. The van der Waals surface area contributed by atoms with Gasteiger partial charge >= 0.3 is 0 Å². The van der Waals surface area contributed by atoms with Gasteiger partial charge in [0.1, 0.15) is 22.8 Å². The van der Waals surface area contributed by atoms with Gasteiger partial charge in [-0.2, -0.15) is 0 Å². The van der Waals surface area contributed by atoms with Crippen LogP contribution in [0.3, 0.4) is 0 Å². The topological polar surface area (TPSA) is 175 Å². The van der Waals surface area contributed by atoms with Gasteiger partial charge in [-0.1, -0.05) is 35.7 Å². The molecule has 0 radical (unpaired) electrons. The number of allylic oxidation sites excluding steroid dienone is 1. The minimum atomic E-state index is -4.54. The van der Waals surface area contributed by atoms with Gasteiger partial charge in [0.25, 0.3) is 21.6 Å². The molecule has 2 aromatic heterocycles. The molecule has 324 valence electrons. The Labute approximate surface area is 366 Å². The van der Waals surface area contributed by atoms with Crippen LogP contribution in [0, 0.1) is 21.4 Å². The fourth-order valence-electron chi connectivity index (χ4n) is 9.46. The van der Waals surface area contributed by atoms with E-state index in [1.165, 1.54) is 60.7 Å². The van der Waals surface area contributed by atoms with Crippen molar-refractivity contribution in [2.24, 2.45) is 11.3 Å². The molecule has 1 amide bonds. The first-order valence-corrected chi connectivity index (χ1v) is 23.4. The summed E-state index contributed by atoms with van der Waals surface area (Å²) in [5, 5.41) is 20.1. The number of benzene rings is 3. The SMILES string of the molecule is O=C(NS(=O)(=O)c1ccc(NCC2CCNCC2)c([N+](=O)[O-])c1)c1ccc(N2CCN(CC3=C(c4ccc(Cl)cc4)CC4(CCC4)CC3)CC2)cc1Oc1cnc2[nH]ccc2c1. The van der Waals surface area contributed by atoms with Crippen LogP contribution in [-0.4, -0.2) is 86.5 Å². The second-order valence-electron chi connectivity index (χ2n) is 17.2. The number of rotatable bonds is 13. The molecule has 4 aliphatic rings. The van der Waals surface area contributed by atoms with E-state index in [0.717, 1.165) is 93.7 Å². The lowest BCUT2D eigenvalue weighted by Gasteiger charge is -2.47. The summed E-state index contributed by atoms with van der Waals surface area (Å²) in [4.78, 5) is 37.2. The number of nitrogens with one attached hydrogen (secondary N) is 4. The van der Waals surface area contributed by atoms with E-state index in [9.17, 15) is 23.3 Å². The van der Waals surface area contributed by atoms with Crippen molar-refractivity contribution in [3.63, 3.8) is 0 Å². The third-order valence-electron chi connectivity index (χ3n) is 13.3. The van der Waals surface area contributed by atoms with Crippen molar-refractivity contribution in [2.45, 2.75) is 56.3 Å². The van der Waals surface area contributed by atoms with Crippen molar-refractivity contribution >= 4 is 61.2 Å². The molecule has 16 heteroatoms. The number of sulfonamides is 1. The molecule has 0 atom stereocenters. The number of nitrogens with zero attached hydrogens (tertiary/aromatic N) is 4. The second-order valence-corrected chi connectivity index (χ2v) is 19.3. The lowest BCUT2D eigenvalue weighted by atomic mass is 9.59. The summed E-state index contributed by atoms with van der Waals surface area (Å²) in [6.45, 7) is 6.36. The van der Waals surface area contributed by atoms with Gasteiger partial charge in [0, 0.05) is 73.7 Å². The summed E-state index contributed by atoms with van der Waals surface area (Å²) in [5.41, 5.74) is 6.01. The number of piperazine rings is 1. The Hall–Kier alpha value is -5.48. The van der Waals surface area contributed by atoms with Gasteiger partial charge in [-0.3, -0.25) is 19.8 Å². The van der Waals surface area contributed by atoms with Crippen molar-refractivity contribution in [1.82, 2.24) is 24.9 Å². The number of carbonyl (C=O) groups excluding carboxylic acids is 1. The molecular formula is C46H51ClN8O6S. The van der Waals surface area contributed by atoms with E-state index < -0.39 is 31.4 Å². The standard InChI is InChI=1S/C46H51ClN8O6S/c47-35-4-2-32(3-5-35)40-27-46(14-1-15-46)16-10-34(40)30-53-20-22-54(23-21-53)36-6-8-39(43(25-36)61-37-24-33-13-19-49-44(33)51-29-37)45(56)52-62(59,60)38-7-9-41(42(26-38)55(57)58)50-28-31-11-17-48-18-12-31/h2-9,13,19,24-26,29,31,48,50H,1,10-12,14-18,20-23,27-28,30H2,(H,49,51)(H,52,56). The number of H-pyrrole nitrogens is 1. The van der Waals surface area contributed by atoms with Gasteiger partial charge < -0.3 is 25.3 Å². The highest BCUT2D eigenvalue weighted by molar-refractivity contribution is 7.90. The molecular weight excluding hydrogens is 828 g/mol. The fraction of sp³-hybridized carbons (Fsp3) is 0.391. The number of anilines is 2. The van der Waals surface area contributed by atoms with E-state index >= 15 is 0 Å². The van der Waals surface area contributed by atoms with Crippen molar-refractivity contribution < 1.29 is 22.9 Å². The predicted octanol–water partition coefficient (Wildman–Crippen LogP) is 8.38. The first-order valence-electron chi connectivity index (χ1n) is 21.5. The van der Waals surface area contributed by atoms with Crippen molar-refractivity contribution in [1.29, 1.82) is 0 Å². The van der Waals surface area contributed by atoms with Gasteiger partial charge in [-0.25, -0.2) is 18.1 Å². The predicted molar refractivity (Wildman–Crippen MR) is 242 cm³/mol. The number of aromatic nitrogens is 2. The summed E-state index contributed by atoms with van der Waals surface area (Å²) >= 11 is 6.28. The van der Waals surface area contributed by atoms with Gasteiger partial charge in [-0.05, 0) is 129 Å². The van der Waals surface area contributed by atoms with E-state index in [4.69, 9.17) is 16.3 Å². The van der Waals surface area contributed by atoms with Crippen molar-refractivity contribution in [2.75, 3.05) is 62.6 Å². The van der Waals surface area contributed by atoms with Crippen LogP contribution >= 0.6 is 11.6 Å². The zero-order chi connectivity index (χ0) is 42.8. The summed E-state index contributed by atoms with van der Waals surface area (Å²) in [5.74, 6) is -0.100. The third-order valence-corrected chi connectivity index (χ3v) is 14.8. The number of hydrogen-bond donors (Lipinski definition) is 4. The fourth-order valence-corrected chi connectivity index (χ4v) is 10.6. The number of halogens is 1. The molecule has 2 saturated heterocycles. The molecule has 3 aromatic carbocycles. The number of piperidine rings is 1. The van der Waals surface area contributed by atoms with Crippen molar-refractivity contribution in [3.8, 4) is 11.5 Å². The van der Waals surface area contributed by atoms with Gasteiger partial charge in [0.05, 0.1) is 21.6 Å². The number of hydrogen-bond acceptors (Lipinski definition) is 11. The largest absolute Gasteiger partial charge is 0.455 e. The monoisotopic (exact) mass is 878 g/mol. The maximum Gasteiger partial charge on any atom is 0.293 e. The molecule has 2 aliphatic carbocycles. The van der Waals surface area contributed by atoms with Crippen LogP contribution in [0.4, 0.5) is 17.1 Å². The molecule has 9 rings (SSSR count). The number of amides is 1. The molecule has 14 nitrogen and oxygen atoms in total. The summed E-state index contributed by atoms with van der Waals surface area (Å²) in [7, 11) is -4.54. The average Bonchev–Trinajstić information content (AvgIpc) is 3.74. The van der Waals surface area contributed by atoms with Crippen LogP contribution in [0.2, 0.25) is 5.02 Å². The van der Waals surface area contributed by atoms with E-state index in [0.29, 0.717) is 29.3 Å². The summed E-state index contributed by atoms with van der Waals surface area (Å²) in [6.07, 6.45) is 12.6. The number of aromatic amines is 1. The second kappa shape index (κ2) is 17.7. The molecule has 0 unspecified atom stereocenters. The molecule has 0 bridgehead atoms. The Morgan fingerprint density at radius 1 is 0.984 bits per heavy atom. The normalized spacial score (nSPS) is 18.4. The van der Waals surface area contributed by atoms with Crippen LogP contribution in [0.25, 0.3) is 16.6 Å². The van der Waals surface area contributed by atoms with Gasteiger partial charge in [0.2, 0.25) is 0 Å². The average molecular weight is 879 g/mol. The molecule has 1 saturated carbocycles. The molecule has 3 fully saturated rings. The highest BCUT2D eigenvalue weighted by Gasteiger charge is 2.41. The van der Waals surface area contributed by atoms with Crippen LogP contribution in [0.5, 0.6) is 11.5 Å². The van der Waals surface area contributed by atoms with Crippen LogP contribution in [-0.2, 0) is 10.0 Å². The zero-order valence-electron chi connectivity index (χ0n) is 34.5. The first-order chi connectivity index (χ1) is 30.0. The lowest BCUT2D eigenvalue weighted by Crippen LogP contribution is -2.47. The number of ether oxygens (including phenoxy) is 1. The highest BCUT2D eigenvalue weighted by atomic mass is 35.5. The third kappa shape index (κ3) is 9.17. The Kier molecular flexibility index (Phi) is 12.0. The van der Waals surface area contributed by atoms with Gasteiger partial charge in [0.15, 0.2) is 0 Å². The number of fused-ring (bicyclic) bond motifs is 1. The smallest absolute Gasteiger partial charge is 0.293 e. The lowest BCUT2D eigenvalue weighted by molar-refractivity contribution is -0.384. The molecule has 4 N–H and O–H groups in total. The van der Waals surface area contributed by atoms with E-state index in [1.807, 2.05) is 18.2 Å². The minimum absolute atomic E-state index is 0.0249. The zero-order valence-corrected chi connectivity index (χ0v) is 36.1. The summed E-state index contributed by atoms with van der Waals surface area (Å²) < 4.78 is 35.8. The van der Waals surface area contributed by atoms with Crippen molar-refractivity contribution in [3.05, 3.63) is 117 Å². The van der Waals surface area contributed by atoms with E-state index in [-0.39, 0.29) is 17.0 Å². The first kappa shape index (κ1) is 41.9. The molecule has 62 heavy (non-hydrogen) atoms. The Bertz CT molecular complexity index is 2620. The van der Waals surface area contributed by atoms with Gasteiger partial charge in [-0.15, -0.1) is 0 Å². The number of pyridine rings is 1. The van der Waals surface area contributed by atoms with Crippen LogP contribution in [0.1, 0.15) is 67.3 Å². The molecule has 1 spiro atoms. The number of nitro groups is 1. The Balaban J connectivity index is 0.926. The van der Waals surface area contributed by atoms with Crippen LogP contribution < -0.4 is 25.0 Å². The maximum absolute atomic E-state index is 13.9. The Morgan fingerprint density at radius 2 is 1.77 bits per heavy atom. The molecule has 2 aliphatic heterocycles. The quantitative estimate of drug-likeness (QED) is 0.0661. The highest BCUT2D eigenvalue weighted by Crippen LogP contribution is 2.55. The number of carbonyl (C=O) groups is 1. The van der Waals surface area contributed by atoms with E-state index in [1.54, 1.807) is 30.5 Å². The number of nitro benzene ring substituents is 1. The molecule has 4 heterocycles. The Morgan fingerprint density at radius 3 is 2.52 bits per heavy atom. The minimum Gasteiger partial charge on any atom is -0.455 e. The van der Waals surface area contributed by atoms with E-state index in [2.05, 4.69) is 47.3 Å². The van der Waals surface area contributed by atoms with Crippen LogP contribution in [0.15, 0.2) is 95.7 Å². The maximum atomic E-state index is 13.9. The molecule has 5 aromatic rings.